The zero-order valence-corrected chi connectivity index (χ0v) is 17.4. The van der Waals surface area contributed by atoms with E-state index < -0.39 is 0 Å². The van der Waals surface area contributed by atoms with E-state index in [0.717, 1.165) is 29.7 Å². The molecule has 0 saturated heterocycles. The number of pyridine rings is 1. The highest BCUT2D eigenvalue weighted by molar-refractivity contribution is 6.34. The van der Waals surface area contributed by atoms with Crippen LogP contribution in [0.25, 0.3) is 10.9 Å². The first-order valence-electron chi connectivity index (χ1n) is 10.1. The molecule has 6 nitrogen and oxygen atoms in total. The zero-order chi connectivity index (χ0) is 20.4. The molecule has 1 saturated carbocycles. The van der Waals surface area contributed by atoms with Crippen LogP contribution in [0, 0.1) is 5.92 Å². The molecule has 1 aromatic carbocycles. The number of amides is 1. The SMILES string of the molecule is CCC1CCC(n2cc3cc(NC(=O)c4ncccc4Cl)c(OC)cc3n2)CC1. The van der Waals surface area contributed by atoms with Crippen molar-refractivity contribution in [2.75, 3.05) is 12.4 Å². The second kappa shape index (κ2) is 8.41. The number of hydrogen-bond acceptors (Lipinski definition) is 4. The fourth-order valence-corrected chi connectivity index (χ4v) is 4.28. The first-order chi connectivity index (χ1) is 14.1. The molecule has 1 aliphatic carbocycles. The molecule has 2 aromatic heterocycles. The lowest BCUT2D eigenvalue weighted by Gasteiger charge is -2.27. The molecule has 2 heterocycles. The summed E-state index contributed by atoms with van der Waals surface area (Å²) < 4.78 is 7.57. The standard InChI is InChI=1S/C22H25ClN4O2/c1-3-14-6-8-16(9-7-14)27-13-15-11-19(20(29-2)12-18(15)26-27)25-22(28)21-17(23)5-4-10-24-21/h4-5,10-14,16H,3,6-9H2,1-2H3,(H,25,28). The van der Waals surface area contributed by atoms with Gasteiger partial charge in [-0.3, -0.25) is 9.48 Å². The molecule has 1 fully saturated rings. The van der Waals surface area contributed by atoms with Gasteiger partial charge in [0.25, 0.3) is 5.91 Å². The summed E-state index contributed by atoms with van der Waals surface area (Å²) in [6.07, 6.45) is 9.69. The third kappa shape index (κ3) is 4.08. The van der Waals surface area contributed by atoms with Crippen molar-refractivity contribution in [1.29, 1.82) is 0 Å². The average Bonchev–Trinajstić information content (AvgIpc) is 3.16. The number of nitrogens with one attached hydrogen (secondary N) is 1. The van der Waals surface area contributed by atoms with Gasteiger partial charge < -0.3 is 10.1 Å². The number of ether oxygens (including phenoxy) is 1. The van der Waals surface area contributed by atoms with E-state index in [-0.39, 0.29) is 11.6 Å². The Labute approximate surface area is 175 Å². The van der Waals surface area contributed by atoms with Gasteiger partial charge in [-0.05, 0) is 49.8 Å². The number of rotatable bonds is 5. The van der Waals surface area contributed by atoms with E-state index in [2.05, 4.69) is 28.1 Å². The number of carbonyl (C=O) groups excluding carboxylic acids is 1. The second-order valence-electron chi connectivity index (χ2n) is 7.59. The van der Waals surface area contributed by atoms with E-state index in [0.29, 0.717) is 22.5 Å². The van der Waals surface area contributed by atoms with Gasteiger partial charge in [-0.1, -0.05) is 24.9 Å². The quantitative estimate of drug-likeness (QED) is 0.601. The minimum Gasteiger partial charge on any atom is -0.494 e. The molecule has 0 unspecified atom stereocenters. The maximum atomic E-state index is 12.6. The second-order valence-corrected chi connectivity index (χ2v) is 8.00. The zero-order valence-electron chi connectivity index (χ0n) is 16.7. The molecule has 4 rings (SSSR count). The fraction of sp³-hybridized carbons (Fsp3) is 0.409. The minimum atomic E-state index is -0.376. The fourth-order valence-electron chi connectivity index (χ4n) is 4.08. The lowest BCUT2D eigenvalue weighted by atomic mass is 9.85. The summed E-state index contributed by atoms with van der Waals surface area (Å²) in [4.78, 5) is 16.7. The van der Waals surface area contributed by atoms with Crippen molar-refractivity contribution in [2.24, 2.45) is 5.92 Å². The van der Waals surface area contributed by atoms with Gasteiger partial charge in [-0.25, -0.2) is 4.98 Å². The van der Waals surface area contributed by atoms with Crippen LogP contribution in [0.2, 0.25) is 5.02 Å². The van der Waals surface area contributed by atoms with Crippen molar-refractivity contribution in [3.8, 4) is 5.75 Å². The van der Waals surface area contributed by atoms with Crippen LogP contribution in [0.4, 0.5) is 5.69 Å². The van der Waals surface area contributed by atoms with Crippen LogP contribution in [0.5, 0.6) is 5.75 Å². The van der Waals surface area contributed by atoms with Crippen molar-refractivity contribution in [2.45, 2.75) is 45.1 Å². The summed E-state index contributed by atoms with van der Waals surface area (Å²) in [5.41, 5.74) is 1.61. The van der Waals surface area contributed by atoms with Crippen LogP contribution < -0.4 is 10.1 Å². The largest absolute Gasteiger partial charge is 0.494 e. The molecule has 0 spiro atoms. The molecular formula is C22H25ClN4O2. The highest BCUT2D eigenvalue weighted by Gasteiger charge is 2.23. The summed E-state index contributed by atoms with van der Waals surface area (Å²) >= 11 is 6.10. The Morgan fingerprint density at radius 3 is 2.79 bits per heavy atom. The molecule has 0 bridgehead atoms. The van der Waals surface area contributed by atoms with Crippen LogP contribution in [0.3, 0.4) is 0 Å². The third-order valence-corrected chi connectivity index (χ3v) is 6.14. The van der Waals surface area contributed by atoms with Gasteiger partial charge >= 0.3 is 0 Å². The van der Waals surface area contributed by atoms with Crippen molar-refractivity contribution in [1.82, 2.24) is 14.8 Å². The van der Waals surface area contributed by atoms with Gasteiger partial charge in [0.2, 0.25) is 0 Å². The average molecular weight is 413 g/mol. The maximum absolute atomic E-state index is 12.6. The highest BCUT2D eigenvalue weighted by Crippen LogP contribution is 2.36. The van der Waals surface area contributed by atoms with Gasteiger partial charge in [0, 0.05) is 23.8 Å². The normalized spacial score (nSPS) is 19.3. The Kier molecular flexibility index (Phi) is 5.72. The van der Waals surface area contributed by atoms with Gasteiger partial charge in [0.15, 0.2) is 0 Å². The number of benzene rings is 1. The van der Waals surface area contributed by atoms with E-state index >= 15 is 0 Å². The number of nitrogens with zero attached hydrogens (tertiary/aromatic N) is 3. The van der Waals surface area contributed by atoms with Gasteiger partial charge in [0.1, 0.15) is 11.4 Å². The summed E-state index contributed by atoms with van der Waals surface area (Å²) in [6, 6.07) is 7.51. The summed E-state index contributed by atoms with van der Waals surface area (Å²) in [6.45, 7) is 2.27. The summed E-state index contributed by atoms with van der Waals surface area (Å²) in [5, 5.41) is 8.91. The number of methoxy groups -OCH3 is 1. The van der Waals surface area contributed by atoms with Gasteiger partial charge in [-0.2, -0.15) is 5.10 Å². The van der Waals surface area contributed by atoms with Crippen molar-refractivity contribution in [3.05, 3.63) is 47.4 Å². The Morgan fingerprint density at radius 2 is 2.10 bits per heavy atom. The number of halogens is 1. The Hall–Kier alpha value is -2.60. The number of fused-ring (bicyclic) bond motifs is 1. The predicted molar refractivity (Wildman–Crippen MR) is 115 cm³/mol. The number of carbonyl (C=O) groups is 1. The highest BCUT2D eigenvalue weighted by atomic mass is 35.5. The van der Waals surface area contributed by atoms with E-state index in [1.165, 1.54) is 19.3 Å². The van der Waals surface area contributed by atoms with Crippen molar-refractivity contribution >= 4 is 34.1 Å². The molecule has 0 atom stereocenters. The van der Waals surface area contributed by atoms with Crippen LogP contribution in [0.1, 0.15) is 55.6 Å². The molecule has 29 heavy (non-hydrogen) atoms. The van der Waals surface area contributed by atoms with Crippen LogP contribution in [-0.4, -0.2) is 27.8 Å². The van der Waals surface area contributed by atoms with Crippen molar-refractivity contribution < 1.29 is 9.53 Å². The van der Waals surface area contributed by atoms with Crippen molar-refractivity contribution in [3.63, 3.8) is 0 Å². The van der Waals surface area contributed by atoms with Gasteiger partial charge in [-0.15, -0.1) is 0 Å². The molecule has 1 N–H and O–H groups in total. The number of hydrogen-bond donors (Lipinski definition) is 1. The van der Waals surface area contributed by atoms with Gasteiger partial charge in [0.05, 0.1) is 29.4 Å². The minimum absolute atomic E-state index is 0.180. The summed E-state index contributed by atoms with van der Waals surface area (Å²) in [7, 11) is 1.58. The monoisotopic (exact) mass is 412 g/mol. The first kappa shape index (κ1) is 19.7. The molecule has 7 heteroatoms. The molecule has 1 amide bonds. The molecular weight excluding hydrogens is 388 g/mol. The first-order valence-corrected chi connectivity index (χ1v) is 10.5. The molecule has 1 aliphatic rings. The summed E-state index contributed by atoms with van der Waals surface area (Å²) in [5.74, 6) is 1.02. The van der Waals surface area contributed by atoms with E-state index in [9.17, 15) is 4.79 Å². The van der Waals surface area contributed by atoms with E-state index in [1.807, 2.05) is 12.1 Å². The molecule has 0 radical (unpaired) electrons. The topological polar surface area (TPSA) is 69.0 Å². The Balaban J connectivity index is 1.60. The Morgan fingerprint density at radius 1 is 1.31 bits per heavy atom. The third-order valence-electron chi connectivity index (χ3n) is 5.83. The number of anilines is 1. The Bertz CT molecular complexity index is 1020. The molecule has 152 valence electrons. The smallest absolute Gasteiger partial charge is 0.275 e. The van der Waals surface area contributed by atoms with Crippen LogP contribution >= 0.6 is 11.6 Å². The molecule has 0 aliphatic heterocycles. The predicted octanol–water partition coefficient (Wildman–Crippen LogP) is 5.49. The van der Waals surface area contributed by atoms with Crippen LogP contribution in [-0.2, 0) is 0 Å². The van der Waals surface area contributed by atoms with Crippen LogP contribution in [0.15, 0.2) is 36.7 Å². The lowest BCUT2D eigenvalue weighted by Crippen LogP contribution is -2.18. The number of aromatic nitrogens is 3. The molecule has 3 aromatic rings. The lowest BCUT2D eigenvalue weighted by molar-refractivity contribution is 0.102. The maximum Gasteiger partial charge on any atom is 0.275 e. The van der Waals surface area contributed by atoms with E-state index in [1.54, 1.807) is 25.4 Å². The van der Waals surface area contributed by atoms with E-state index in [4.69, 9.17) is 21.4 Å².